The molecule has 0 aliphatic carbocycles. The van der Waals surface area contributed by atoms with Crippen molar-refractivity contribution in [3.8, 4) is 11.1 Å². The van der Waals surface area contributed by atoms with Crippen molar-refractivity contribution in [2.45, 2.75) is 32.6 Å². The Kier molecular flexibility index (Phi) is 4.93. The van der Waals surface area contributed by atoms with E-state index >= 15 is 0 Å². The molecular formula is C21H23ClN4S. The van der Waals surface area contributed by atoms with Crippen LogP contribution in [0.15, 0.2) is 36.7 Å². The standard InChI is InChI=1S/C21H22N4S.ClH/c1-13-9-17(12-25-11-14(2)23-20(13)25)16-3-4-18-19(10-16)26-21(24-18)15-5-7-22-8-6-15;/h3-4,9-12,15,22H,5-8H2,1-2H3;1H. The third-order valence-electron chi connectivity index (χ3n) is 5.28. The maximum atomic E-state index is 4.92. The molecule has 1 aliphatic rings. The second-order valence-corrected chi connectivity index (χ2v) is 8.35. The largest absolute Gasteiger partial charge is 0.317 e. The summed E-state index contributed by atoms with van der Waals surface area (Å²) in [6.07, 6.45) is 6.66. The van der Waals surface area contributed by atoms with Crippen LogP contribution in [0.1, 0.15) is 35.0 Å². The van der Waals surface area contributed by atoms with Gasteiger partial charge >= 0.3 is 0 Å². The summed E-state index contributed by atoms with van der Waals surface area (Å²) in [5.74, 6) is 0.615. The summed E-state index contributed by atoms with van der Waals surface area (Å²) in [5.41, 5.74) is 6.90. The average molecular weight is 399 g/mol. The van der Waals surface area contributed by atoms with Gasteiger partial charge in [-0.3, -0.25) is 0 Å². The zero-order chi connectivity index (χ0) is 17.7. The first-order valence-electron chi connectivity index (χ1n) is 9.25. The second-order valence-electron chi connectivity index (χ2n) is 7.28. The van der Waals surface area contributed by atoms with Crippen molar-refractivity contribution >= 4 is 39.6 Å². The molecule has 0 amide bonds. The van der Waals surface area contributed by atoms with E-state index < -0.39 is 0 Å². The fourth-order valence-electron chi connectivity index (χ4n) is 3.91. The summed E-state index contributed by atoms with van der Waals surface area (Å²) in [4.78, 5) is 9.52. The lowest BCUT2D eigenvalue weighted by Crippen LogP contribution is -2.26. The number of hydrogen-bond acceptors (Lipinski definition) is 4. The van der Waals surface area contributed by atoms with E-state index in [2.05, 4.69) is 58.3 Å². The van der Waals surface area contributed by atoms with Gasteiger partial charge < -0.3 is 9.72 Å². The number of nitrogens with zero attached hydrogens (tertiary/aromatic N) is 3. The molecule has 4 heterocycles. The molecule has 1 saturated heterocycles. The summed E-state index contributed by atoms with van der Waals surface area (Å²) in [6, 6.07) is 8.89. The van der Waals surface area contributed by atoms with E-state index in [1.807, 2.05) is 18.3 Å². The van der Waals surface area contributed by atoms with Crippen molar-refractivity contribution in [1.82, 2.24) is 19.7 Å². The quantitative estimate of drug-likeness (QED) is 0.509. The third-order valence-corrected chi connectivity index (χ3v) is 6.46. The maximum absolute atomic E-state index is 4.92. The summed E-state index contributed by atoms with van der Waals surface area (Å²) in [7, 11) is 0. The summed E-state index contributed by atoms with van der Waals surface area (Å²) in [5, 5.41) is 4.74. The van der Waals surface area contributed by atoms with Gasteiger partial charge in [0, 0.05) is 18.3 Å². The second kappa shape index (κ2) is 7.23. The minimum absolute atomic E-state index is 0. The topological polar surface area (TPSA) is 42.2 Å². The highest BCUT2D eigenvalue weighted by atomic mass is 35.5. The van der Waals surface area contributed by atoms with Gasteiger partial charge in [0.15, 0.2) is 0 Å². The van der Waals surface area contributed by atoms with E-state index in [4.69, 9.17) is 4.98 Å². The number of thiazole rings is 1. The molecule has 3 aromatic heterocycles. The lowest BCUT2D eigenvalue weighted by atomic mass is 9.99. The first-order chi connectivity index (χ1) is 12.7. The van der Waals surface area contributed by atoms with Crippen LogP contribution in [0.5, 0.6) is 0 Å². The Hall–Kier alpha value is -1.95. The predicted molar refractivity (Wildman–Crippen MR) is 115 cm³/mol. The molecule has 0 unspecified atom stereocenters. The number of imidazole rings is 1. The Balaban J connectivity index is 0.00000180. The Morgan fingerprint density at radius 1 is 1.04 bits per heavy atom. The van der Waals surface area contributed by atoms with Gasteiger partial charge in [0.1, 0.15) is 5.65 Å². The smallest absolute Gasteiger partial charge is 0.139 e. The van der Waals surface area contributed by atoms with Crippen molar-refractivity contribution in [1.29, 1.82) is 0 Å². The number of fused-ring (bicyclic) bond motifs is 2. The van der Waals surface area contributed by atoms with Crippen molar-refractivity contribution in [3.63, 3.8) is 0 Å². The Morgan fingerprint density at radius 2 is 1.85 bits per heavy atom. The third kappa shape index (κ3) is 3.35. The highest BCUT2D eigenvalue weighted by Gasteiger charge is 2.19. The van der Waals surface area contributed by atoms with Crippen molar-refractivity contribution in [3.05, 3.63) is 52.9 Å². The van der Waals surface area contributed by atoms with Crippen LogP contribution < -0.4 is 5.32 Å². The molecule has 0 saturated carbocycles. The number of benzene rings is 1. The van der Waals surface area contributed by atoms with E-state index in [0.717, 1.165) is 29.9 Å². The molecule has 6 heteroatoms. The predicted octanol–water partition coefficient (Wildman–Crippen LogP) is 5.12. The van der Waals surface area contributed by atoms with E-state index in [0.29, 0.717) is 5.92 Å². The number of pyridine rings is 1. The van der Waals surface area contributed by atoms with Crippen LogP contribution in [0.4, 0.5) is 0 Å². The van der Waals surface area contributed by atoms with Crippen LogP contribution >= 0.6 is 23.7 Å². The molecule has 0 bridgehead atoms. The van der Waals surface area contributed by atoms with Gasteiger partial charge in [-0.1, -0.05) is 6.07 Å². The Morgan fingerprint density at radius 3 is 2.67 bits per heavy atom. The number of nitrogens with one attached hydrogen (secondary N) is 1. The molecule has 1 aromatic carbocycles. The first-order valence-corrected chi connectivity index (χ1v) is 10.1. The fourth-order valence-corrected chi connectivity index (χ4v) is 5.09. The Bertz CT molecular complexity index is 1110. The molecule has 1 fully saturated rings. The van der Waals surface area contributed by atoms with Crippen LogP contribution in [-0.4, -0.2) is 27.5 Å². The average Bonchev–Trinajstić information content (AvgIpc) is 3.24. The minimum Gasteiger partial charge on any atom is -0.317 e. The molecule has 0 radical (unpaired) electrons. The SMILES string of the molecule is Cc1cn2cc(-c3ccc4nc(C5CCNCC5)sc4c3)cc(C)c2n1.Cl. The Labute approximate surface area is 169 Å². The van der Waals surface area contributed by atoms with Crippen LogP contribution in [-0.2, 0) is 0 Å². The number of aryl methyl sites for hydroxylation is 2. The zero-order valence-electron chi connectivity index (χ0n) is 15.5. The molecule has 1 N–H and O–H groups in total. The number of rotatable bonds is 2. The maximum Gasteiger partial charge on any atom is 0.139 e. The van der Waals surface area contributed by atoms with Crippen molar-refractivity contribution < 1.29 is 0 Å². The normalized spacial score (nSPS) is 15.3. The number of halogens is 1. The van der Waals surface area contributed by atoms with Crippen LogP contribution in [0.3, 0.4) is 0 Å². The van der Waals surface area contributed by atoms with E-state index in [1.54, 1.807) is 0 Å². The van der Waals surface area contributed by atoms with Gasteiger partial charge in [-0.15, -0.1) is 23.7 Å². The van der Waals surface area contributed by atoms with Gasteiger partial charge in [0.05, 0.1) is 20.9 Å². The molecule has 4 nitrogen and oxygen atoms in total. The van der Waals surface area contributed by atoms with Crippen molar-refractivity contribution in [2.24, 2.45) is 0 Å². The van der Waals surface area contributed by atoms with E-state index in [-0.39, 0.29) is 12.4 Å². The van der Waals surface area contributed by atoms with E-state index in [9.17, 15) is 0 Å². The zero-order valence-corrected chi connectivity index (χ0v) is 17.2. The lowest BCUT2D eigenvalue weighted by Gasteiger charge is -2.20. The molecule has 0 atom stereocenters. The van der Waals surface area contributed by atoms with Crippen LogP contribution in [0.2, 0.25) is 0 Å². The van der Waals surface area contributed by atoms with Gasteiger partial charge in [0.25, 0.3) is 0 Å². The van der Waals surface area contributed by atoms with Crippen LogP contribution in [0, 0.1) is 13.8 Å². The molecule has 1 aliphatic heterocycles. The summed E-state index contributed by atoms with van der Waals surface area (Å²) >= 11 is 1.87. The summed E-state index contributed by atoms with van der Waals surface area (Å²) in [6.45, 7) is 6.38. The lowest BCUT2D eigenvalue weighted by molar-refractivity contribution is 0.459. The highest BCUT2D eigenvalue weighted by molar-refractivity contribution is 7.18. The number of hydrogen-bond donors (Lipinski definition) is 1. The molecule has 0 spiro atoms. The molecule has 140 valence electrons. The van der Waals surface area contributed by atoms with Crippen LogP contribution in [0.25, 0.3) is 27.0 Å². The number of aromatic nitrogens is 3. The summed E-state index contributed by atoms with van der Waals surface area (Å²) < 4.78 is 3.42. The van der Waals surface area contributed by atoms with Gasteiger partial charge in [-0.05, 0) is 74.7 Å². The van der Waals surface area contributed by atoms with E-state index in [1.165, 1.54) is 39.2 Å². The van der Waals surface area contributed by atoms with Crippen molar-refractivity contribution in [2.75, 3.05) is 13.1 Å². The fraction of sp³-hybridized carbons (Fsp3) is 0.333. The molecule has 5 rings (SSSR count). The molecule has 4 aromatic rings. The monoisotopic (exact) mass is 398 g/mol. The number of piperidine rings is 1. The van der Waals surface area contributed by atoms with Gasteiger partial charge in [0.2, 0.25) is 0 Å². The first kappa shape index (κ1) is 18.4. The highest BCUT2D eigenvalue weighted by Crippen LogP contribution is 2.34. The minimum atomic E-state index is 0. The van der Waals surface area contributed by atoms with Gasteiger partial charge in [-0.2, -0.15) is 0 Å². The molecule has 27 heavy (non-hydrogen) atoms. The molecular weight excluding hydrogens is 376 g/mol. The van der Waals surface area contributed by atoms with Gasteiger partial charge in [-0.25, -0.2) is 9.97 Å².